The summed E-state index contributed by atoms with van der Waals surface area (Å²) in [6, 6.07) is 5.51. The van der Waals surface area contributed by atoms with Gasteiger partial charge in [0, 0.05) is 17.5 Å². The molecule has 1 N–H and O–H groups in total. The summed E-state index contributed by atoms with van der Waals surface area (Å²) in [6.07, 6.45) is 2.71. The first-order valence-corrected chi connectivity index (χ1v) is 9.60. The third-order valence-corrected chi connectivity index (χ3v) is 4.46. The van der Waals surface area contributed by atoms with E-state index in [9.17, 15) is 19.5 Å². The van der Waals surface area contributed by atoms with Crippen molar-refractivity contribution in [2.24, 2.45) is 0 Å². The van der Waals surface area contributed by atoms with Crippen LogP contribution in [0.2, 0.25) is 0 Å². The minimum absolute atomic E-state index is 0.280. The van der Waals surface area contributed by atoms with E-state index >= 15 is 0 Å². The Morgan fingerprint density at radius 3 is 2.61 bits per heavy atom. The number of carbonyl (C=O) groups excluding carboxylic acids is 2. The van der Waals surface area contributed by atoms with Gasteiger partial charge in [0.2, 0.25) is 0 Å². The first-order chi connectivity index (χ1) is 13.3. The highest BCUT2D eigenvalue weighted by Gasteiger charge is 2.20. The normalized spacial score (nSPS) is 13.1. The summed E-state index contributed by atoms with van der Waals surface area (Å²) in [5, 5.41) is 14.3. The number of carboxylic acids is 1. The molecule has 0 aliphatic rings. The van der Waals surface area contributed by atoms with Gasteiger partial charge < -0.3 is 24.4 Å². The molecule has 28 heavy (non-hydrogen) atoms. The molecule has 152 valence electrons. The zero-order valence-electron chi connectivity index (χ0n) is 16.4. The van der Waals surface area contributed by atoms with Crippen LogP contribution in [0.5, 0.6) is 5.75 Å². The highest BCUT2D eigenvalue weighted by Crippen LogP contribution is 2.24. The molecule has 1 aromatic carbocycles. The lowest BCUT2D eigenvalue weighted by molar-refractivity contribution is -0.308. The number of fused-ring (bicyclic) bond motifs is 1. The van der Waals surface area contributed by atoms with Gasteiger partial charge in [-0.2, -0.15) is 0 Å². The minimum Gasteiger partial charge on any atom is -0.548 e. The Hall–Kier alpha value is -2.83. The van der Waals surface area contributed by atoms with Crippen LogP contribution in [0.4, 0.5) is 0 Å². The van der Waals surface area contributed by atoms with Crippen LogP contribution in [-0.4, -0.2) is 24.0 Å². The molecule has 0 spiro atoms. The summed E-state index contributed by atoms with van der Waals surface area (Å²) in [5.74, 6) is -1.53. The Bertz CT molecular complexity index is 888. The number of hydrogen-bond acceptors (Lipinski definition) is 6. The van der Waals surface area contributed by atoms with E-state index in [0.717, 1.165) is 30.2 Å². The third-order valence-electron chi connectivity index (χ3n) is 4.46. The number of hydrogen-bond donors (Lipinski definition) is 1. The van der Waals surface area contributed by atoms with Crippen molar-refractivity contribution in [2.45, 2.75) is 65.0 Å². The van der Waals surface area contributed by atoms with Gasteiger partial charge in [-0.1, -0.05) is 26.7 Å². The lowest BCUT2D eigenvalue weighted by Crippen LogP contribution is -2.51. The lowest BCUT2D eigenvalue weighted by atomic mass is 10.0. The summed E-state index contributed by atoms with van der Waals surface area (Å²) in [6.45, 7) is 5.42. The molecular formula is C21H26NO6-. The van der Waals surface area contributed by atoms with Crippen molar-refractivity contribution < 1.29 is 23.8 Å². The highest BCUT2D eigenvalue weighted by molar-refractivity contribution is 5.86. The number of nitrogens with one attached hydrogen (secondary N) is 1. The van der Waals surface area contributed by atoms with Gasteiger partial charge in [0.05, 0.1) is 12.0 Å². The predicted molar refractivity (Wildman–Crippen MR) is 103 cm³/mol. The number of ether oxygens (including phenoxy) is 1. The average Bonchev–Trinajstić information content (AvgIpc) is 2.65. The molecule has 0 saturated heterocycles. The average molecular weight is 388 g/mol. The van der Waals surface area contributed by atoms with Crippen LogP contribution in [0.3, 0.4) is 0 Å². The molecule has 0 saturated carbocycles. The molecule has 2 atom stereocenters. The fourth-order valence-corrected chi connectivity index (χ4v) is 2.94. The zero-order chi connectivity index (χ0) is 20.7. The maximum atomic E-state index is 12.2. The molecule has 1 heterocycles. The van der Waals surface area contributed by atoms with Crippen LogP contribution >= 0.6 is 0 Å². The predicted octanol–water partition coefficient (Wildman–Crippen LogP) is 1.94. The molecule has 0 radical (unpaired) electrons. The number of aliphatic carboxylic acids is 1. The van der Waals surface area contributed by atoms with Gasteiger partial charge in [-0.3, -0.25) is 4.79 Å². The molecule has 1 amide bonds. The van der Waals surface area contributed by atoms with Gasteiger partial charge in [0.25, 0.3) is 5.91 Å². The standard InChI is InChI=1S/C21H27NO6/c1-4-6-8-14-11-19(23)28-18-12-15(9-10-16(14)18)27-13(3)20(24)22-17(7-5-2)21(25)26/h9-13,17H,4-8H2,1-3H3,(H,22,24)(H,25,26)/p-1/t13-,17-/m1/s1. The van der Waals surface area contributed by atoms with Crippen LogP contribution in [0, 0.1) is 0 Å². The summed E-state index contributed by atoms with van der Waals surface area (Å²) in [7, 11) is 0. The Morgan fingerprint density at radius 2 is 1.96 bits per heavy atom. The van der Waals surface area contributed by atoms with Crippen LogP contribution in [0.15, 0.2) is 33.5 Å². The second kappa shape index (κ2) is 9.92. The molecule has 1 aromatic heterocycles. The van der Waals surface area contributed by atoms with Crippen molar-refractivity contribution >= 4 is 22.8 Å². The number of amides is 1. The van der Waals surface area contributed by atoms with Gasteiger partial charge in [0.15, 0.2) is 6.10 Å². The van der Waals surface area contributed by atoms with Crippen molar-refractivity contribution in [3.8, 4) is 5.75 Å². The number of rotatable bonds is 10. The topological polar surface area (TPSA) is 109 Å². The number of carboxylic acid groups (broad SMARTS) is 1. The lowest BCUT2D eigenvalue weighted by Gasteiger charge is -2.22. The number of benzene rings is 1. The molecule has 7 heteroatoms. The Morgan fingerprint density at radius 1 is 1.21 bits per heavy atom. The molecule has 2 aromatic rings. The summed E-state index contributed by atoms with van der Waals surface area (Å²) in [4.78, 5) is 35.1. The number of carbonyl (C=O) groups is 2. The minimum atomic E-state index is -1.32. The van der Waals surface area contributed by atoms with Crippen LogP contribution in [0.1, 0.15) is 52.0 Å². The van der Waals surface area contributed by atoms with E-state index in [1.54, 1.807) is 18.2 Å². The zero-order valence-corrected chi connectivity index (χ0v) is 16.4. The Labute approximate surface area is 163 Å². The summed E-state index contributed by atoms with van der Waals surface area (Å²) in [5.41, 5.74) is 0.877. The summed E-state index contributed by atoms with van der Waals surface area (Å²) >= 11 is 0. The fourth-order valence-electron chi connectivity index (χ4n) is 2.94. The van der Waals surface area contributed by atoms with Crippen LogP contribution in [-0.2, 0) is 16.0 Å². The number of unbranched alkanes of at least 4 members (excludes halogenated alkanes) is 1. The van der Waals surface area contributed by atoms with Crippen LogP contribution < -0.4 is 20.8 Å². The molecular weight excluding hydrogens is 362 g/mol. The highest BCUT2D eigenvalue weighted by atomic mass is 16.5. The largest absolute Gasteiger partial charge is 0.548 e. The summed E-state index contributed by atoms with van der Waals surface area (Å²) < 4.78 is 10.9. The van der Waals surface area contributed by atoms with E-state index in [0.29, 0.717) is 17.8 Å². The van der Waals surface area contributed by atoms with Crippen molar-refractivity contribution in [1.82, 2.24) is 5.32 Å². The van der Waals surface area contributed by atoms with Gasteiger partial charge in [-0.15, -0.1) is 0 Å². The second-order valence-corrected chi connectivity index (χ2v) is 6.78. The molecule has 0 fully saturated rings. The maximum absolute atomic E-state index is 12.2. The Kier molecular flexibility index (Phi) is 7.61. The Balaban J connectivity index is 2.16. The first kappa shape index (κ1) is 21.5. The van der Waals surface area contributed by atoms with Crippen molar-refractivity contribution in [3.05, 3.63) is 40.2 Å². The smallest absolute Gasteiger partial charge is 0.336 e. The van der Waals surface area contributed by atoms with Gasteiger partial charge in [0.1, 0.15) is 11.3 Å². The molecule has 2 rings (SSSR count). The van der Waals surface area contributed by atoms with E-state index in [1.165, 1.54) is 13.0 Å². The van der Waals surface area contributed by atoms with Crippen molar-refractivity contribution in [2.75, 3.05) is 0 Å². The van der Waals surface area contributed by atoms with E-state index in [1.807, 2.05) is 6.92 Å². The van der Waals surface area contributed by atoms with E-state index in [2.05, 4.69) is 12.2 Å². The third kappa shape index (κ3) is 5.58. The van der Waals surface area contributed by atoms with E-state index in [4.69, 9.17) is 9.15 Å². The molecule has 7 nitrogen and oxygen atoms in total. The molecule has 0 bridgehead atoms. The second-order valence-electron chi connectivity index (χ2n) is 6.78. The van der Waals surface area contributed by atoms with Crippen molar-refractivity contribution in [1.29, 1.82) is 0 Å². The van der Waals surface area contributed by atoms with Gasteiger partial charge in [-0.25, -0.2) is 4.79 Å². The van der Waals surface area contributed by atoms with Crippen LogP contribution in [0.25, 0.3) is 11.0 Å². The van der Waals surface area contributed by atoms with Gasteiger partial charge in [-0.05, 0) is 43.9 Å². The molecule has 0 unspecified atom stereocenters. The van der Waals surface area contributed by atoms with E-state index < -0.39 is 29.6 Å². The molecule has 0 aliphatic carbocycles. The van der Waals surface area contributed by atoms with Crippen molar-refractivity contribution in [3.63, 3.8) is 0 Å². The van der Waals surface area contributed by atoms with E-state index in [-0.39, 0.29) is 6.42 Å². The first-order valence-electron chi connectivity index (χ1n) is 9.60. The number of aryl methyl sites for hydroxylation is 1. The quantitative estimate of drug-likeness (QED) is 0.623. The van der Waals surface area contributed by atoms with Gasteiger partial charge >= 0.3 is 5.63 Å². The monoisotopic (exact) mass is 388 g/mol. The molecule has 0 aliphatic heterocycles. The SMILES string of the molecule is CCCCc1cc(=O)oc2cc(O[C@H](C)C(=O)N[C@H](CCC)C(=O)[O-])ccc12. The fraction of sp³-hybridized carbons (Fsp3) is 0.476. The maximum Gasteiger partial charge on any atom is 0.336 e.